The van der Waals surface area contributed by atoms with Crippen molar-refractivity contribution < 1.29 is 14.3 Å². The quantitative estimate of drug-likeness (QED) is 0.606. The van der Waals surface area contributed by atoms with Crippen molar-refractivity contribution >= 4 is 17.7 Å². The second kappa shape index (κ2) is 8.00. The van der Waals surface area contributed by atoms with Crippen molar-refractivity contribution in [2.45, 2.75) is 19.9 Å². The highest BCUT2D eigenvalue weighted by molar-refractivity contribution is 7.99. The summed E-state index contributed by atoms with van der Waals surface area (Å²) in [6.45, 7) is 4.45. The molecule has 5 heteroatoms. The summed E-state index contributed by atoms with van der Waals surface area (Å²) in [7, 11) is 0. The molecule has 0 aliphatic carbocycles. The maximum Gasteiger partial charge on any atom is 0.321 e. The molecule has 1 aromatic rings. The number of hydrogen-bond donors (Lipinski definition) is 1. The van der Waals surface area contributed by atoms with E-state index < -0.39 is 0 Å². The normalized spacial score (nSPS) is 11.9. The first-order chi connectivity index (χ1) is 8.61. The van der Waals surface area contributed by atoms with Gasteiger partial charge in [-0.1, -0.05) is 0 Å². The van der Waals surface area contributed by atoms with Crippen LogP contribution in [0.25, 0.3) is 0 Å². The van der Waals surface area contributed by atoms with E-state index >= 15 is 0 Å². The highest BCUT2D eigenvalue weighted by Crippen LogP contribution is 2.18. The first-order valence-corrected chi connectivity index (χ1v) is 7.04. The molecule has 4 nitrogen and oxygen atoms in total. The molecular formula is C13H19NO3S. The lowest BCUT2D eigenvalue weighted by atomic mass is 10.3. The second-order valence-electron chi connectivity index (χ2n) is 3.87. The first-order valence-electron chi connectivity index (χ1n) is 5.88. The van der Waals surface area contributed by atoms with Gasteiger partial charge in [-0.3, -0.25) is 4.79 Å². The molecule has 0 spiro atoms. The predicted molar refractivity (Wildman–Crippen MR) is 74.2 cm³/mol. The molecule has 1 unspecified atom stereocenters. The minimum atomic E-state index is -0.259. The fraction of sp³-hybridized carbons (Fsp3) is 0.462. The molecule has 0 bridgehead atoms. The molecule has 2 N–H and O–H groups in total. The maximum absolute atomic E-state index is 11.5. The summed E-state index contributed by atoms with van der Waals surface area (Å²) in [5.41, 5.74) is 5.59. The minimum Gasteiger partial charge on any atom is -0.494 e. The molecule has 18 heavy (non-hydrogen) atoms. The maximum atomic E-state index is 11.5. The topological polar surface area (TPSA) is 61.5 Å². The van der Waals surface area contributed by atoms with E-state index in [1.54, 1.807) is 24.3 Å². The molecule has 0 saturated carbocycles. The van der Waals surface area contributed by atoms with Crippen LogP contribution in [0, 0.1) is 0 Å². The molecule has 0 amide bonds. The Morgan fingerprint density at radius 2 is 1.94 bits per heavy atom. The molecule has 0 aliphatic heterocycles. The van der Waals surface area contributed by atoms with E-state index in [9.17, 15) is 4.79 Å². The molecule has 0 aliphatic rings. The predicted octanol–water partition coefficient (Wildman–Crippen LogP) is 2.07. The standard InChI is InChI=1S/C13H19NO3S/c1-3-16-11-4-6-12(7-5-11)17-13(15)9-18-8-10(2)14/h4-7,10H,3,8-9,14H2,1-2H3. The van der Waals surface area contributed by atoms with Crippen molar-refractivity contribution in [3.8, 4) is 11.5 Å². The molecule has 0 aromatic heterocycles. The van der Waals surface area contributed by atoms with Crippen molar-refractivity contribution in [3.05, 3.63) is 24.3 Å². The summed E-state index contributed by atoms with van der Waals surface area (Å²) in [5.74, 6) is 2.10. The van der Waals surface area contributed by atoms with Gasteiger partial charge in [0, 0.05) is 11.8 Å². The molecule has 1 atom stereocenters. The number of nitrogens with two attached hydrogens (primary N) is 1. The SMILES string of the molecule is CCOc1ccc(OC(=O)CSCC(C)N)cc1. The van der Waals surface area contributed by atoms with Crippen molar-refractivity contribution in [3.63, 3.8) is 0 Å². The van der Waals surface area contributed by atoms with Crippen molar-refractivity contribution in [1.29, 1.82) is 0 Å². The van der Waals surface area contributed by atoms with Crippen LogP contribution in [0.1, 0.15) is 13.8 Å². The van der Waals surface area contributed by atoms with Crippen LogP contribution in [-0.2, 0) is 4.79 Å². The lowest BCUT2D eigenvalue weighted by Crippen LogP contribution is -2.19. The van der Waals surface area contributed by atoms with Crippen molar-refractivity contribution in [2.75, 3.05) is 18.1 Å². The number of benzene rings is 1. The van der Waals surface area contributed by atoms with Gasteiger partial charge >= 0.3 is 5.97 Å². The van der Waals surface area contributed by atoms with Gasteiger partial charge in [-0.2, -0.15) is 0 Å². The number of esters is 1. The van der Waals surface area contributed by atoms with Gasteiger partial charge in [0.1, 0.15) is 11.5 Å². The highest BCUT2D eigenvalue weighted by atomic mass is 32.2. The lowest BCUT2D eigenvalue weighted by Gasteiger charge is -2.07. The van der Waals surface area contributed by atoms with Crippen molar-refractivity contribution in [1.82, 2.24) is 0 Å². The molecule has 0 saturated heterocycles. The summed E-state index contributed by atoms with van der Waals surface area (Å²) >= 11 is 1.48. The largest absolute Gasteiger partial charge is 0.494 e. The number of ether oxygens (including phenoxy) is 2. The third-order valence-electron chi connectivity index (χ3n) is 1.97. The molecule has 100 valence electrons. The molecular weight excluding hydrogens is 250 g/mol. The third-order valence-corrected chi connectivity index (χ3v) is 3.17. The van der Waals surface area contributed by atoms with Gasteiger partial charge in [-0.15, -0.1) is 11.8 Å². The Balaban J connectivity index is 2.35. The van der Waals surface area contributed by atoms with E-state index in [4.69, 9.17) is 15.2 Å². The average molecular weight is 269 g/mol. The molecule has 1 aromatic carbocycles. The zero-order valence-corrected chi connectivity index (χ0v) is 11.5. The van der Waals surface area contributed by atoms with E-state index in [0.29, 0.717) is 18.1 Å². The smallest absolute Gasteiger partial charge is 0.321 e. The number of carbonyl (C=O) groups excluding carboxylic acids is 1. The zero-order valence-electron chi connectivity index (χ0n) is 10.7. The summed E-state index contributed by atoms with van der Waals surface area (Å²) < 4.78 is 10.5. The Labute approximate surface area is 112 Å². The number of hydrogen-bond acceptors (Lipinski definition) is 5. The van der Waals surface area contributed by atoms with Gasteiger partial charge < -0.3 is 15.2 Å². The van der Waals surface area contributed by atoms with E-state index in [1.807, 2.05) is 13.8 Å². The summed E-state index contributed by atoms with van der Waals surface area (Å²) in [6.07, 6.45) is 0. The van der Waals surface area contributed by atoms with E-state index in [0.717, 1.165) is 11.5 Å². The monoisotopic (exact) mass is 269 g/mol. The fourth-order valence-corrected chi connectivity index (χ4v) is 1.97. The van der Waals surface area contributed by atoms with Crippen LogP contribution < -0.4 is 15.2 Å². The zero-order chi connectivity index (χ0) is 13.4. The third kappa shape index (κ3) is 5.93. The average Bonchev–Trinajstić information content (AvgIpc) is 2.31. The lowest BCUT2D eigenvalue weighted by molar-refractivity contribution is -0.131. The Morgan fingerprint density at radius 1 is 1.33 bits per heavy atom. The summed E-state index contributed by atoms with van der Waals surface area (Å²) in [5, 5.41) is 0. The van der Waals surface area contributed by atoms with Gasteiger partial charge in [0.25, 0.3) is 0 Å². The van der Waals surface area contributed by atoms with E-state index in [2.05, 4.69) is 0 Å². The van der Waals surface area contributed by atoms with Gasteiger partial charge in [0.05, 0.1) is 12.4 Å². The second-order valence-corrected chi connectivity index (χ2v) is 4.90. The molecule has 0 radical (unpaired) electrons. The Hall–Kier alpha value is -1.20. The van der Waals surface area contributed by atoms with Crippen LogP contribution in [0.5, 0.6) is 11.5 Å². The van der Waals surface area contributed by atoms with Crippen LogP contribution in [0.15, 0.2) is 24.3 Å². The van der Waals surface area contributed by atoms with E-state index in [-0.39, 0.29) is 12.0 Å². The Kier molecular flexibility index (Phi) is 6.60. The van der Waals surface area contributed by atoms with Gasteiger partial charge in [0.15, 0.2) is 0 Å². The van der Waals surface area contributed by atoms with Crippen LogP contribution in [0.2, 0.25) is 0 Å². The van der Waals surface area contributed by atoms with Crippen molar-refractivity contribution in [2.24, 2.45) is 5.73 Å². The van der Waals surface area contributed by atoms with E-state index in [1.165, 1.54) is 11.8 Å². The number of carbonyl (C=O) groups is 1. The summed E-state index contributed by atoms with van der Waals surface area (Å²) in [4.78, 5) is 11.5. The van der Waals surface area contributed by atoms with Crippen LogP contribution in [0.3, 0.4) is 0 Å². The first kappa shape index (κ1) is 14.9. The minimum absolute atomic E-state index is 0.0910. The Morgan fingerprint density at radius 3 is 2.50 bits per heavy atom. The molecule has 0 fully saturated rings. The summed E-state index contributed by atoms with van der Waals surface area (Å²) in [6, 6.07) is 7.09. The van der Waals surface area contributed by atoms with Gasteiger partial charge in [-0.05, 0) is 38.1 Å². The molecule has 1 rings (SSSR count). The van der Waals surface area contributed by atoms with Crippen LogP contribution in [0.4, 0.5) is 0 Å². The van der Waals surface area contributed by atoms with Crippen LogP contribution >= 0.6 is 11.8 Å². The fourth-order valence-electron chi connectivity index (χ4n) is 1.26. The van der Waals surface area contributed by atoms with Gasteiger partial charge in [-0.25, -0.2) is 0 Å². The van der Waals surface area contributed by atoms with Crippen LogP contribution in [-0.4, -0.2) is 30.1 Å². The highest BCUT2D eigenvalue weighted by Gasteiger charge is 2.06. The number of thioether (sulfide) groups is 1. The Bertz CT molecular complexity index is 365. The van der Waals surface area contributed by atoms with Gasteiger partial charge in [0.2, 0.25) is 0 Å². The number of rotatable bonds is 7. The molecule has 0 heterocycles.